The highest BCUT2D eigenvalue weighted by molar-refractivity contribution is 7.93. The maximum atomic E-state index is 13.8. The average molecular weight is 558 g/mol. The quantitative estimate of drug-likeness (QED) is 0.398. The van der Waals surface area contributed by atoms with Gasteiger partial charge in [0.15, 0.2) is 15.6 Å². The molecule has 1 aromatic heterocycles. The van der Waals surface area contributed by atoms with E-state index in [-0.39, 0.29) is 23.7 Å². The van der Waals surface area contributed by atoms with Crippen LogP contribution in [0.5, 0.6) is 5.75 Å². The van der Waals surface area contributed by atoms with E-state index >= 15 is 0 Å². The Morgan fingerprint density at radius 3 is 2.32 bits per heavy atom. The first-order chi connectivity index (χ1) is 17.1. The number of nitrogens with zero attached hydrogens (tertiary/aromatic N) is 4. The molecule has 0 aliphatic carbocycles. The molecule has 2 atom stereocenters. The summed E-state index contributed by atoms with van der Waals surface area (Å²) in [5.74, 6) is -3.89. The van der Waals surface area contributed by atoms with E-state index in [9.17, 15) is 36.3 Å². The molecule has 37 heavy (non-hydrogen) atoms. The van der Waals surface area contributed by atoms with E-state index < -0.39 is 59.9 Å². The largest absolute Gasteiger partial charge is 0.479 e. The van der Waals surface area contributed by atoms with Crippen LogP contribution in [0.4, 0.5) is 10.5 Å². The molecular weight excluding hydrogens is 530 g/mol. The molecule has 0 radical (unpaired) electrons. The normalized spacial score (nSPS) is 18.9. The van der Waals surface area contributed by atoms with Crippen LogP contribution in [0.2, 0.25) is 0 Å². The molecule has 0 saturated carbocycles. The predicted octanol–water partition coefficient (Wildman–Crippen LogP) is -0.525. The first kappa shape index (κ1) is 28.1. The Hall–Kier alpha value is -3.50. The number of ether oxygens (including phenoxy) is 1. The second-order valence-electron chi connectivity index (χ2n) is 8.74. The second kappa shape index (κ2) is 10.1. The number of anilines is 1. The van der Waals surface area contributed by atoms with Gasteiger partial charge in [0, 0.05) is 33.9 Å². The summed E-state index contributed by atoms with van der Waals surface area (Å²) in [4.78, 5) is 38.9. The van der Waals surface area contributed by atoms with Crippen molar-refractivity contribution in [1.82, 2.24) is 20.0 Å². The number of carbonyl (C=O) groups is 3. The highest BCUT2D eigenvalue weighted by Crippen LogP contribution is 2.35. The highest BCUT2D eigenvalue weighted by atomic mass is 32.2. The third kappa shape index (κ3) is 5.60. The number of nitrogens with one attached hydrogen (secondary N) is 1. The van der Waals surface area contributed by atoms with Crippen LogP contribution in [-0.2, 0) is 36.5 Å². The number of hydrogen-bond acceptors (Lipinski definition) is 10. The number of sulfonamides is 1. The molecule has 1 unspecified atom stereocenters. The third-order valence-corrected chi connectivity index (χ3v) is 9.23. The molecule has 1 aromatic carbocycles. The molecule has 2 heterocycles. The van der Waals surface area contributed by atoms with E-state index in [1.807, 2.05) is 0 Å². The van der Waals surface area contributed by atoms with Crippen molar-refractivity contribution in [2.24, 2.45) is 7.05 Å². The lowest BCUT2D eigenvalue weighted by molar-refractivity contribution is -0.147. The van der Waals surface area contributed by atoms with Crippen LogP contribution in [0.3, 0.4) is 0 Å². The maximum Gasteiger partial charge on any atom is 0.414 e. The lowest BCUT2D eigenvalue weighted by atomic mass is 9.91. The smallest absolute Gasteiger partial charge is 0.414 e. The van der Waals surface area contributed by atoms with Crippen molar-refractivity contribution in [2.75, 3.05) is 36.5 Å². The van der Waals surface area contributed by atoms with Crippen molar-refractivity contribution in [3.8, 4) is 5.75 Å². The number of carboxylic acid groups (broad SMARTS) is 1. The minimum atomic E-state index is -4.74. The molecule has 0 bridgehead atoms. The summed E-state index contributed by atoms with van der Waals surface area (Å²) in [7, 11) is -4.04. The highest BCUT2D eigenvalue weighted by Gasteiger charge is 2.55. The average Bonchev–Trinajstić information content (AvgIpc) is 3.26. The molecule has 1 aliphatic rings. The van der Waals surface area contributed by atoms with Crippen LogP contribution in [0.15, 0.2) is 41.6 Å². The van der Waals surface area contributed by atoms with Gasteiger partial charge in [-0.3, -0.25) is 9.48 Å². The third-order valence-electron chi connectivity index (χ3n) is 5.70. The predicted molar refractivity (Wildman–Crippen MR) is 131 cm³/mol. The van der Waals surface area contributed by atoms with E-state index in [0.29, 0.717) is 4.31 Å². The van der Waals surface area contributed by atoms with E-state index in [0.717, 1.165) is 19.3 Å². The summed E-state index contributed by atoms with van der Waals surface area (Å²) < 4.78 is 58.7. The van der Waals surface area contributed by atoms with Crippen LogP contribution in [0, 0.1) is 0 Å². The van der Waals surface area contributed by atoms with Crippen LogP contribution in [-0.4, -0.2) is 98.2 Å². The van der Waals surface area contributed by atoms with Crippen molar-refractivity contribution in [1.29, 1.82) is 0 Å². The van der Waals surface area contributed by atoms with Crippen molar-refractivity contribution in [3.05, 3.63) is 36.7 Å². The molecule has 1 amide bonds. The fourth-order valence-corrected chi connectivity index (χ4v) is 6.80. The minimum absolute atomic E-state index is 0.0320. The molecule has 0 spiro atoms. The van der Waals surface area contributed by atoms with Gasteiger partial charge in [0.2, 0.25) is 5.54 Å². The molecule has 2 aromatic rings. The first-order valence-corrected chi connectivity index (χ1v) is 14.1. The van der Waals surface area contributed by atoms with Gasteiger partial charge in [-0.1, -0.05) is 0 Å². The van der Waals surface area contributed by atoms with Gasteiger partial charge in [0.25, 0.3) is 10.0 Å². The lowest BCUT2D eigenvalue weighted by Crippen LogP contribution is -2.66. The Balaban J connectivity index is 2.17. The number of aromatic nitrogens is 2. The standard InChI is InChI=1S/C21H27N5O9S2/c1-21(19(28)29,18(27)17-13-36(31,32)10-9-22-17)26(37(33,34)16-11-23-25(4)12-16)14-5-7-15(8-6-14)35-20(30)24(2)3/h5-8,11-12,17,22H,9-10,13H2,1-4H3,(H,28,29)/t17?,21-/m1/s1. The summed E-state index contributed by atoms with van der Waals surface area (Å²) in [6.07, 6.45) is 1.42. The van der Waals surface area contributed by atoms with Crippen LogP contribution >= 0.6 is 0 Å². The Morgan fingerprint density at radius 2 is 1.84 bits per heavy atom. The zero-order valence-corrected chi connectivity index (χ0v) is 22.1. The molecule has 1 aliphatic heterocycles. The summed E-state index contributed by atoms with van der Waals surface area (Å²) in [6, 6.07) is 3.35. The topological polar surface area (TPSA) is 185 Å². The maximum absolute atomic E-state index is 13.8. The van der Waals surface area contributed by atoms with Gasteiger partial charge in [-0.25, -0.2) is 30.7 Å². The number of carboxylic acids is 1. The van der Waals surface area contributed by atoms with E-state index in [1.165, 1.54) is 55.0 Å². The fourth-order valence-electron chi connectivity index (χ4n) is 3.70. The zero-order chi connectivity index (χ0) is 27.8. The van der Waals surface area contributed by atoms with Crippen molar-refractivity contribution in [2.45, 2.75) is 23.4 Å². The molecule has 1 fully saturated rings. The van der Waals surface area contributed by atoms with E-state index in [4.69, 9.17) is 4.74 Å². The van der Waals surface area contributed by atoms with Gasteiger partial charge < -0.3 is 20.1 Å². The molecule has 14 nitrogen and oxygen atoms in total. The molecule has 16 heteroatoms. The van der Waals surface area contributed by atoms with Gasteiger partial charge in [-0.2, -0.15) is 5.10 Å². The number of carbonyl (C=O) groups excluding carboxylic acids is 2. The number of aryl methyl sites for hydroxylation is 1. The molecule has 2 N–H and O–H groups in total. The number of aliphatic carboxylic acids is 1. The fraction of sp³-hybridized carbons (Fsp3) is 0.429. The number of amides is 1. The van der Waals surface area contributed by atoms with Crippen molar-refractivity contribution in [3.63, 3.8) is 0 Å². The number of benzene rings is 1. The van der Waals surface area contributed by atoms with Crippen LogP contribution in [0.25, 0.3) is 0 Å². The first-order valence-electron chi connectivity index (χ1n) is 10.8. The zero-order valence-electron chi connectivity index (χ0n) is 20.5. The lowest BCUT2D eigenvalue weighted by Gasteiger charge is -2.39. The van der Waals surface area contributed by atoms with E-state index in [1.54, 1.807) is 0 Å². The number of Topliss-reactive ketones (excluding diaryl/α,β-unsaturated/α-hetero) is 1. The SMILES string of the molecule is CN(C)C(=O)Oc1ccc(N([C@@](C)(C(=O)O)C(=O)C2CS(=O)(=O)CCN2)S(=O)(=O)c2cnn(C)c2)cc1. The van der Waals surface area contributed by atoms with Gasteiger partial charge in [-0.05, 0) is 31.2 Å². The minimum Gasteiger partial charge on any atom is -0.479 e. The van der Waals surface area contributed by atoms with Gasteiger partial charge in [0.05, 0.1) is 29.4 Å². The van der Waals surface area contributed by atoms with Crippen LogP contribution in [0.1, 0.15) is 6.92 Å². The number of hydrogen-bond donors (Lipinski definition) is 2. The summed E-state index contributed by atoms with van der Waals surface area (Å²) in [5, 5.41) is 16.8. The molecule has 1 saturated heterocycles. The van der Waals surface area contributed by atoms with Crippen molar-refractivity contribution >= 4 is 43.4 Å². The Kier molecular flexibility index (Phi) is 7.67. The monoisotopic (exact) mass is 557 g/mol. The van der Waals surface area contributed by atoms with Crippen LogP contribution < -0.4 is 14.4 Å². The molecule has 202 valence electrons. The van der Waals surface area contributed by atoms with Gasteiger partial charge >= 0.3 is 12.1 Å². The van der Waals surface area contributed by atoms with E-state index in [2.05, 4.69) is 10.4 Å². The molecule has 3 rings (SSSR count). The Bertz CT molecular complexity index is 1420. The summed E-state index contributed by atoms with van der Waals surface area (Å²) >= 11 is 0. The number of rotatable bonds is 8. The van der Waals surface area contributed by atoms with Gasteiger partial charge in [0.1, 0.15) is 10.6 Å². The summed E-state index contributed by atoms with van der Waals surface area (Å²) in [6.45, 7) is 0.796. The summed E-state index contributed by atoms with van der Waals surface area (Å²) in [5.41, 5.74) is -3.02. The molecular formula is C21H27N5O9S2. The second-order valence-corrected chi connectivity index (χ2v) is 12.8. The van der Waals surface area contributed by atoms with Gasteiger partial charge in [-0.15, -0.1) is 0 Å². The van der Waals surface area contributed by atoms with Crippen molar-refractivity contribution < 1.29 is 41.1 Å². The number of sulfone groups is 1. The Labute approximate surface area is 213 Å². The number of ketones is 1. The Morgan fingerprint density at radius 1 is 1.22 bits per heavy atom.